The molecule has 196 valence electrons. The first kappa shape index (κ1) is 27.0. The number of carbonyl (C=O) groups is 3. The Morgan fingerprint density at radius 2 is 1.68 bits per heavy atom. The largest absolute Gasteiger partial charge is 0.481 e. The van der Waals surface area contributed by atoms with E-state index < -0.39 is 29.5 Å². The van der Waals surface area contributed by atoms with E-state index in [1.54, 1.807) is 11.8 Å². The molecule has 1 aliphatic rings. The lowest BCUT2D eigenvalue weighted by Crippen LogP contribution is -2.39. The maximum atomic E-state index is 13.6. The minimum atomic E-state index is -4.54. The van der Waals surface area contributed by atoms with Gasteiger partial charge in [-0.15, -0.1) is 0 Å². The minimum Gasteiger partial charge on any atom is -0.481 e. The van der Waals surface area contributed by atoms with E-state index >= 15 is 0 Å². The highest BCUT2D eigenvalue weighted by atomic mass is 35.5. The van der Waals surface area contributed by atoms with Gasteiger partial charge in [-0.25, -0.2) is 0 Å². The molecule has 1 aromatic heterocycles. The molecule has 1 N–H and O–H groups in total. The fraction of sp³-hybridized carbons (Fsp3) is 0.346. The van der Waals surface area contributed by atoms with Gasteiger partial charge in [0.15, 0.2) is 0 Å². The summed E-state index contributed by atoms with van der Waals surface area (Å²) in [6.07, 6.45) is -2.02. The van der Waals surface area contributed by atoms with Crippen LogP contribution in [-0.4, -0.2) is 45.4 Å². The van der Waals surface area contributed by atoms with E-state index in [1.807, 2.05) is 0 Å². The lowest BCUT2D eigenvalue weighted by atomic mass is 9.93. The SMILES string of the molecule is Cc1cn(C(=O)c2c(Cl)ccc(C(=O)N3CCC(CC(=O)O)CC3)c2Cl)c2c(C)cc(C(F)(F)F)cc12. The normalized spacial score (nSPS) is 14.8. The van der Waals surface area contributed by atoms with Crippen LogP contribution in [0.3, 0.4) is 0 Å². The number of hydrogen-bond donors (Lipinski definition) is 1. The lowest BCUT2D eigenvalue weighted by Gasteiger charge is -2.31. The van der Waals surface area contributed by atoms with Gasteiger partial charge in [0.1, 0.15) is 0 Å². The second-order valence-electron chi connectivity index (χ2n) is 9.29. The quantitative estimate of drug-likeness (QED) is 0.394. The fourth-order valence-corrected chi connectivity index (χ4v) is 5.46. The number of amides is 1. The van der Waals surface area contributed by atoms with E-state index in [-0.39, 0.29) is 44.5 Å². The summed E-state index contributed by atoms with van der Waals surface area (Å²) in [6.45, 7) is 3.78. The van der Waals surface area contributed by atoms with Gasteiger partial charge in [0.05, 0.1) is 32.3 Å². The van der Waals surface area contributed by atoms with Crippen molar-refractivity contribution in [3.8, 4) is 0 Å². The predicted molar refractivity (Wildman–Crippen MR) is 133 cm³/mol. The van der Waals surface area contributed by atoms with Gasteiger partial charge in [-0.05, 0) is 68.0 Å². The van der Waals surface area contributed by atoms with Crippen molar-refractivity contribution in [2.24, 2.45) is 5.92 Å². The van der Waals surface area contributed by atoms with E-state index in [4.69, 9.17) is 28.3 Å². The highest BCUT2D eigenvalue weighted by Gasteiger charge is 2.33. The molecule has 1 saturated heterocycles. The number of halogens is 5. The van der Waals surface area contributed by atoms with Gasteiger partial charge in [-0.2, -0.15) is 13.2 Å². The van der Waals surface area contributed by atoms with Gasteiger partial charge in [-0.3, -0.25) is 19.0 Å². The topological polar surface area (TPSA) is 79.6 Å². The van der Waals surface area contributed by atoms with Gasteiger partial charge >= 0.3 is 12.1 Å². The van der Waals surface area contributed by atoms with Crippen LogP contribution >= 0.6 is 23.2 Å². The molecule has 0 saturated carbocycles. The molecule has 6 nitrogen and oxygen atoms in total. The smallest absolute Gasteiger partial charge is 0.416 e. The highest BCUT2D eigenvalue weighted by molar-refractivity contribution is 6.41. The van der Waals surface area contributed by atoms with Crippen molar-refractivity contribution in [1.29, 1.82) is 0 Å². The molecule has 0 radical (unpaired) electrons. The number of carbonyl (C=O) groups excluding carboxylic acids is 2. The lowest BCUT2D eigenvalue weighted by molar-refractivity contribution is -0.139. The molecular formula is C26H23Cl2F3N2O4. The van der Waals surface area contributed by atoms with Crippen LogP contribution in [0.1, 0.15) is 56.7 Å². The second kappa shape index (κ2) is 10.0. The molecule has 37 heavy (non-hydrogen) atoms. The van der Waals surface area contributed by atoms with E-state index in [9.17, 15) is 27.6 Å². The van der Waals surface area contributed by atoms with E-state index in [2.05, 4.69) is 0 Å². The monoisotopic (exact) mass is 554 g/mol. The molecular weight excluding hydrogens is 532 g/mol. The Balaban J connectivity index is 1.70. The third-order valence-corrected chi connectivity index (χ3v) is 7.44. The van der Waals surface area contributed by atoms with Crippen LogP contribution < -0.4 is 0 Å². The number of carboxylic acid groups (broad SMARTS) is 1. The van der Waals surface area contributed by atoms with E-state index in [0.717, 1.165) is 12.1 Å². The number of nitrogens with zero attached hydrogens (tertiary/aromatic N) is 2. The highest BCUT2D eigenvalue weighted by Crippen LogP contribution is 2.37. The van der Waals surface area contributed by atoms with Crippen LogP contribution in [0.2, 0.25) is 10.0 Å². The zero-order valence-electron chi connectivity index (χ0n) is 20.0. The van der Waals surface area contributed by atoms with Crippen molar-refractivity contribution < 1.29 is 32.7 Å². The zero-order valence-corrected chi connectivity index (χ0v) is 21.5. The summed E-state index contributed by atoms with van der Waals surface area (Å²) in [5, 5.41) is 9.11. The average Bonchev–Trinajstić information content (AvgIpc) is 3.15. The third kappa shape index (κ3) is 5.20. The van der Waals surface area contributed by atoms with Gasteiger partial charge in [-0.1, -0.05) is 23.2 Å². The molecule has 4 rings (SSSR count). The maximum Gasteiger partial charge on any atom is 0.416 e. The third-order valence-electron chi connectivity index (χ3n) is 6.74. The number of likely N-dealkylation sites (tertiary alicyclic amines) is 1. The van der Waals surface area contributed by atoms with Crippen molar-refractivity contribution in [1.82, 2.24) is 9.47 Å². The molecule has 2 heterocycles. The van der Waals surface area contributed by atoms with Crippen LogP contribution in [0, 0.1) is 19.8 Å². The number of hydrogen-bond acceptors (Lipinski definition) is 3. The Morgan fingerprint density at radius 3 is 2.27 bits per heavy atom. The van der Waals surface area contributed by atoms with E-state index in [1.165, 1.54) is 29.8 Å². The standard InChI is InChI=1S/C26H23Cl2F3N2O4/c1-13-9-16(26(29,30)31)11-18-14(2)12-33(23(13)18)25(37)21-19(27)4-3-17(22(21)28)24(36)32-7-5-15(6-8-32)10-20(34)35/h3-4,9,11-12,15H,5-8,10H2,1-2H3,(H,34,35). The fourth-order valence-electron chi connectivity index (χ4n) is 4.84. The number of aromatic nitrogens is 1. The number of alkyl halides is 3. The number of benzene rings is 2. The Labute approximate surface area is 220 Å². The molecule has 1 amide bonds. The first-order chi connectivity index (χ1) is 17.3. The summed E-state index contributed by atoms with van der Waals surface area (Å²) in [4.78, 5) is 39.4. The van der Waals surface area contributed by atoms with Gasteiger partial charge in [0, 0.05) is 31.1 Å². The Kier molecular flexibility index (Phi) is 7.32. The number of carboxylic acids is 1. The second-order valence-corrected chi connectivity index (χ2v) is 10.1. The molecule has 0 spiro atoms. The maximum absolute atomic E-state index is 13.6. The summed E-state index contributed by atoms with van der Waals surface area (Å²) in [5.41, 5.74) is 0.110. The van der Waals surface area contributed by atoms with Crippen LogP contribution in [0.25, 0.3) is 10.9 Å². The van der Waals surface area contributed by atoms with Crippen molar-refractivity contribution in [2.75, 3.05) is 13.1 Å². The van der Waals surface area contributed by atoms with Gasteiger partial charge in [0.25, 0.3) is 11.8 Å². The molecule has 0 bridgehead atoms. The number of aryl methyl sites for hydroxylation is 2. The molecule has 1 fully saturated rings. The zero-order chi connectivity index (χ0) is 27.2. The summed E-state index contributed by atoms with van der Waals surface area (Å²) in [7, 11) is 0. The van der Waals surface area contributed by atoms with Crippen LogP contribution in [0.4, 0.5) is 13.2 Å². The Morgan fingerprint density at radius 1 is 1.03 bits per heavy atom. The summed E-state index contributed by atoms with van der Waals surface area (Å²) in [5.74, 6) is -1.99. The molecule has 0 aliphatic carbocycles. The summed E-state index contributed by atoms with van der Waals surface area (Å²) in [6, 6.07) is 4.78. The number of piperidine rings is 1. The van der Waals surface area contributed by atoms with Crippen molar-refractivity contribution in [3.63, 3.8) is 0 Å². The molecule has 0 atom stereocenters. The van der Waals surface area contributed by atoms with Crippen molar-refractivity contribution >= 4 is 51.9 Å². The average molecular weight is 555 g/mol. The van der Waals surface area contributed by atoms with Gasteiger partial charge < -0.3 is 10.0 Å². The number of rotatable bonds is 4. The van der Waals surface area contributed by atoms with Crippen molar-refractivity contribution in [2.45, 2.75) is 39.3 Å². The summed E-state index contributed by atoms with van der Waals surface area (Å²) < 4.78 is 41.2. The number of aliphatic carboxylic acids is 1. The molecule has 1 aliphatic heterocycles. The Bertz CT molecular complexity index is 1420. The molecule has 11 heteroatoms. The van der Waals surface area contributed by atoms with E-state index in [0.29, 0.717) is 37.0 Å². The molecule has 0 unspecified atom stereocenters. The Hall–Kier alpha value is -3.04. The van der Waals surface area contributed by atoms with Crippen LogP contribution in [-0.2, 0) is 11.0 Å². The minimum absolute atomic E-state index is 0.00390. The molecule has 2 aromatic carbocycles. The van der Waals surface area contributed by atoms with Gasteiger partial charge in [0.2, 0.25) is 0 Å². The number of fused-ring (bicyclic) bond motifs is 1. The molecule has 3 aromatic rings. The van der Waals surface area contributed by atoms with Crippen molar-refractivity contribution in [3.05, 3.63) is 68.3 Å². The summed E-state index contributed by atoms with van der Waals surface area (Å²) >= 11 is 12.9. The first-order valence-electron chi connectivity index (χ1n) is 11.5. The predicted octanol–water partition coefficient (Wildman–Crippen LogP) is 6.60. The van der Waals surface area contributed by atoms with Crippen LogP contribution in [0.5, 0.6) is 0 Å². The first-order valence-corrected chi connectivity index (χ1v) is 12.3. The van der Waals surface area contributed by atoms with Crippen LogP contribution in [0.15, 0.2) is 30.5 Å².